The summed E-state index contributed by atoms with van der Waals surface area (Å²) in [6, 6.07) is 19.1. The van der Waals surface area contributed by atoms with Gasteiger partial charge < -0.3 is 24.1 Å². The molecule has 1 aliphatic rings. The van der Waals surface area contributed by atoms with E-state index in [9.17, 15) is 9.59 Å². The second-order valence-electron chi connectivity index (χ2n) is 9.42. The highest BCUT2D eigenvalue weighted by molar-refractivity contribution is 6.38. The molecule has 2 N–H and O–H groups in total. The average molecular weight is 542 g/mol. The first-order valence-corrected chi connectivity index (χ1v) is 12.8. The fourth-order valence-corrected chi connectivity index (χ4v) is 4.86. The molecule has 1 fully saturated rings. The molecule has 0 saturated heterocycles. The Balaban J connectivity index is 1.17. The summed E-state index contributed by atoms with van der Waals surface area (Å²) < 4.78 is 12.4. The van der Waals surface area contributed by atoms with Crippen molar-refractivity contribution < 1.29 is 18.5 Å². The number of para-hydroxylation sites is 1. The van der Waals surface area contributed by atoms with E-state index in [4.69, 9.17) is 20.5 Å². The van der Waals surface area contributed by atoms with Gasteiger partial charge in [-0.3, -0.25) is 9.59 Å². The Labute approximate surface area is 228 Å². The Morgan fingerprint density at radius 3 is 2.59 bits per heavy atom. The molecular weight excluding hydrogens is 518 g/mol. The fraction of sp³-hybridized carbons (Fsp3) is 0.172. The van der Waals surface area contributed by atoms with Gasteiger partial charge in [0.2, 0.25) is 23.5 Å². The first-order chi connectivity index (χ1) is 18.9. The van der Waals surface area contributed by atoms with E-state index in [-0.39, 0.29) is 11.8 Å². The number of rotatable bonds is 8. The predicted molar refractivity (Wildman–Crippen MR) is 146 cm³/mol. The van der Waals surface area contributed by atoms with E-state index in [1.54, 1.807) is 25.1 Å². The molecular formula is C29H24ClN5O4. The number of benzene rings is 2. The highest BCUT2D eigenvalue weighted by Gasteiger charge is 2.50. The Bertz CT molecular complexity index is 1700. The fourth-order valence-electron chi connectivity index (χ4n) is 4.53. The van der Waals surface area contributed by atoms with Crippen molar-refractivity contribution in [2.75, 3.05) is 0 Å². The number of hydrogen-bond donors (Lipinski definition) is 2. The lowest BCUT2D eigenvalue weighted by molar-refractivity contribution is -0.128. The molecule has 0 spiro atoms. The summed E-state index contributed by atoms with van der Waals surface area (Å²) in [5, 5.41) is 11.3. The summed E-state index contributed by atoms with van der Waals surface area (Å²) in [6.07, 6.45) is 5.66. The molecule has 0 aliphatic heterocycles. The largest absolute Gasteiger partial charge is 0.465 e. The van der Waals surface area contributed by atoms with E-state index in [0.29, 0.717) is 47.6 Å². The Morgan fingerprint density at radius 1 is 1.10 bits per heavy atom. The molecule has 6 rings (SSSR count). The summed E-state index contributed by atoms with van der Waals surface area (Å²) in [4.78, 5) is 29.6. The summed E-state index contributed by atoms with van der Waals surface area (Å²) in [5.74, 6) is 0.874. The lowest BCUT2D eigenvalue weighted by atomic mass is 10.1. The van der Waals surface area contributed by atoms with Gasteiger partial charge in [0.05, 0.1) is 16.8 Å². The molecule has 3 aromatic heterocycles. The molecule has 3 heterocycles. The third kappa shape index (κ3) is 4.84. The first-order valence-electron chi connectivity index (χ1n) is 12.4. The minimum absolute atomic E-state index is 0.204. The Morgan fingerprint density at radius 2 is 1.90 bits per heavy atom. The van der Waals surface area contributed by atoms with Crippen LogP contribution in [0.15, 0.2) is 81.9 Å². The highest BCUT2D eigenvalue weighted by Crippen LogP contribution is 2.39. The van der Waals surface area contributed by atoms with Crippen LogP contribution in [0, 0.1) is 6.92 Å². The van der Waals surface area contributed by atoms with Gasteiger partial charge in [-0.1, -0.05) is 47.1 Å². The number of furan rings is 1. The number of amides is 2. The number of aromatic nitrogens is 3. The van der Waals surface area contributed by atoms with Crippen LogP contribution in [0.4, 0.5) is 0 Å². The quantitative estimate of drug-likeness (QED) is 0.260. The third-order valence-electron chi connectivity index (χ3n) is 6.69. The number of carbonyl (C=O) groups excluding carboxylic acids is 2. The average Bonchev–Trinajstić information content (AvgIpc) is 3.25. The summed E-state index contributed by atoms with van der Waals surface area (Å²) in [5.41, 5.74) is 2.45. The zero-order valence-corrected chi connectivity index (χ0v) is 21.7. The van der Waals surface area contributed by atoms with E-state index in [1.165, 1.54) is 12.3 Å². The molecule has 39 heavy (non-hydrogen) atoms. The smallest absolute Gasteiger partial charge is 0.246 e. The van der Waals surface area contributed by atoms with Crippen molar-refractivity contribution in [3.63, 3.8) is 0 Å². The van der Waals surface area contributed by atoms with Gasteiger partial charge in [0.15, 0.2) is 0 Å². The van der Waals surface area contributed by atoms with Crippen molar-refractivity contribution >= 4 is 40.4 Å². The second-order valence-corrected chi connectivity index (χ2v) is 9.80. The number of fused-ring (bicyclic) bond motifs is 1. The molecule has 1 aliphatic carbocycles. The molecule has 0 atom stereocenters. The zero-order chi connectivity index (χ0) is 27.0. The highest BCUT2D eigenvalue weighted by atomic mass is 35.5. The van der Waals surface area contributed by atoms with Gasteiger partial charge in [-0.2, -0.15) is 4.98 Å². The van der Waals surface area contributed by atoms with E-state index < -0.39 is 5.54 Å². The van der Waals surface area contributed by atoms with E-state index in [0.717, 1.165) is 22.2 Å². The number of aryl methyl sites for hydroxylation is 1. The molecule has 196 valence electrons. The molecule has 0 bridgehead atoms. The van der Waals surface area contributed by atoms with Crippen LogP contribution >= 0.6 is 11.6 Å². The number of carbonyl (C=O) groups is 2. The van der Waals surface area contributed by atoms with Crippen molar-refractivity contribution in [2.45, 2.75) is 31.8 Å². The van der Waals surface area contributed by atoms with Gasteiger partial charge in [0.1, 0.15) is 17.0 Å². The molecule has 5 aromatic rings. The van der Waals surface area contributed by atoms with Crippen LogP contribution in [-0.4, -0.2) is 32.1 Å². The third-order valence-corrected chi connectivity index (χ3v) is 7.07. The number of nitrogens with zero attached hydrogens (tertiary/aromatic N) is 3. The number of nitrogens with one attached hydrogen (secondary N) is 2. The predicted octanol–water partition coefficient (Wildman–Crippen LogP) is 5.21. The Hall–Kier alpha value is -4.63. The summed E-state index contributed by atoms with van der Waals surface area (Å²) in [6.45, 7) is 2.05. The van der Waals surface area contributed by atoms with Crippen LogP contribution in [-0.2, 0) is 16.1 Å². The van der Waals surface area contributed by atoms with Gasteiger partial charge in [-0.25, -0.2) is 0 Å². The monoisotopic (exact) mass is 541 g/mol. The number of halogens is 1. The van der Waals surface area contributed by atoms with Gasteiger partial charge >= 0.3 is 0 Å². The van der Waals surface area contributed by atoms with Crippen LogP contribution in [0.5, 0.6) is 0 Å². The van der Waals surface area contributed by atoms with Crippen molar-refractivity contribution in [3.8, 4) is 17.2 Å². The second kappa shape index (κ2) is 9.92. The van der Waals surface area contributed by atoms with Crippen LogP contribution in [0.3, 0.4) is 0 Å². The maximum absolute atomic E-state index is 12.9. The first kappa shape index (κ1) is 24.7. The van der Waals surface area contributed by atoms with Gasteiger partial charge in [-0.05, 0) is 54.8 Å². The number of hydrogen-bond acceptors (Lipinski definition) is 6. The van der Waals surface area contributed by atoms with Crippen LogP contribution < -0.4 is 10.6 Å². The molecule has 2 aromatic carbocycles. The van der Waals surface area contributed by atoms with Gasteiger partial charge in [0.25, 0.3) is 0 Å². The van der Waals surface area contributed by atoms with Crippen LogP contribution in [0.1, 0.15) is 30.1 Å². The SMILES string of the molecule is Cc1nc(-c2c(Cl)c3ccccc3n2-c2ccc(CNC(=O)C3(NC(=O)C=Cc4ccco4)CC3)cc2)no1. The standard InChI is InChI=1S/C29H24ClN5O4/c1-18-32-27(34-39-18)26-25(30)22-6-2-3-7-23(22)35(26)20-10-8-19(9-11-20)17-31-28(37)29(14-15-29)33-24(36)13-12-21-5-4-16-38-21/h2-13,16H,14-15,17H2,1H3,(H,31,37)(H,33,36). The van der Waals surface area contributed by atoms with Gasteiger partial charge in [-0.15, -0.1) is 0 Å². The Kier molecular flexibility index (Phi) is 6.28. The van der Waals surface area contributed by atoms with Crippen molar-refractivity contribution in [1.82, 2.24) is 25.3 Å². The normalized spacial score (nSPS) is 14.1. The van der Waals surface area contributed by atoms with E-state index in [1.807, 2.05) is 53.1 Å². The molecule has 2 amide bonds. The van der Waals surface area contributed by atoms with Gasteiger partial charge in [0, 0.05) is 30.6 Å². The molecule has 0 radical (unpaired) electrons. The summed E-state index contributed by atoms with van der Waals surface area (Å²) >= 11 is 6.77. The van der Waals surface area contributed by atoms with Crippen LogP contribution in [0.2, 0.25) is 5.02 Å². The topological polar surface area (TPSA) is 115 Å². The molecule has 9 nitrogen and oxygen atoms in total. The van der Waals surface area contributed by atoms with Crippen molar-refractivity contribution in [3.05, 3.63) is 95.2 Å². The zero-order valence-electron chi connectivity index (χ0n) is 21.0. The van der Waals surface area contributed by atoms with Crippen molar-refractivity contribution in [1.29, 1.82) is 0 Å². The van der Waals surface area contributed by atoms with Crippen molar-refractivity contribution in [2.24, 2.45) is 0 Å². The minimum atomic E-state index is -0.872. The molecule has 1 saturated carbocycles. The van der Waals surface area contributed by atoms with E-state index >= 15 is 0 Å². The van der Waals surface area contributed by atoms with E-state index in [2.05, 4.69) is 20.8 Å². The molecule has 10 heteroatoms. The summed E-state index contributed by atoms with van der Waals surface area (Å²) in [7, 11) is 0. The maximum Gasteiger partial charge on any atom is 0.246 e. The lowest BCUT2D eigenvalue weighted by Gasteiger charge is -2.16. The molecule has 0 unspecified atom stereocenters. The maximum atomic E-state index is 12.9. The minimum Gasteiger partial charge on any atom is -0.465 e. The van der Waals surface area contributed by atoms with Crippen LogP contribution in [0.25, 0.3) is 34.2 Å². The lowest BCUT2D eigenvalue weighted by Crippen LogP contribution is -2.48.